The Morgan fingerprint density at radius 3 is 2.60 bits per heavy atom. The van der Waals surface area contributed by atoms with E-state index in [1.165, 1.54) is 18.4 Å². The van der Waals surface area contributed by atoms with Crippen molar-refractivity contribution >= 4 is 0 Å². The van der Waals surface area contributed by atoms with Crippen molar-refractivity contribution in [3.8, 4) is 0 Å². The molecule has 106 valence electrons. The minimum Gasteiger partial charge on any atom is -0.380 e. The van der Waals surface area contributed by atoms with Crippen LogP contribution in [0.5, 0.6) is 0 Å². The first kappa shape index (κ1) is 13.3. The van der Waals surface area contributed by atoms with Crippen LogP contribution in [0, 0.1) is 6.92 Å². The van der Waals surface area contributed by atoms with Gasteiger partial charge in [0.25, 0.3) is 0 Å². The molecule has 1 aromatic carbocycles. The van der Waals surface area contributed by atoms with Crippen molar-refractivity contribution in [2.24, 2.45) is 0 Å². The van der Waals surface area contributed by atoms with Gasteiger partial charge in [0.05, 0.1) is 6.67 Å². The van der Waals surface area contributed by atoms with Gasteiger partial charge in [-0.2, -0.15) is 5.10 Å². The molecule has 1 fully saturated rings. The minimum atomic E-state index is -0.754. The van der Waals surface area contributed by atoms with E-state index in [-0.39, 0.29) is 0 Å². The van der Waals surface area contributed by atoms with Crippen LogP contribution in [-0.2, 0) is 6.67 Å². The van der Waals surface area contributed by atoms with Crippen molar-refractivity contribution in [1.82, 2.24) is 19.7 Å². The number of aliphatic hydroxyl groups is 1. The van der Waals surface area contributed by atoms with Crippen LogP contribution in [-0.4, -0.2) is 37.9 Å². The quantitative estimate of drug-likeness (QED) is 0.921. The van der Waals surface area contributed by atoms with Gasteiger partial charge in [0.1, 0.15) is 12.4 Å². The van der Waals surface area contributed by atoms with Gasteiger partial charge in [0.2, 0.25) is 0 Å². The molecule has 1 aromatic heterocycles. The molecule has 5 heteroatoms. The number of aryl methyl sites for hydroxylation is 1. The van der Waals surface area contributed by atoms with Crippen molar-refractivity contribution < 1.29 is 5.11 Å². The number of benzene rings is 1. The molecule has 1 atom stereocenters. The first-order chi connectivity index (χ1) is 9.72. The lowest BCUT2D eigenvalue weighted by molar-refractivity contribution is 0.205. The molecule has 1 N–H and O–H groups in total. The molecule has 0 saturated carbocycles. The van der Waals surface area contributed by atoms with Gasteiger partial charge in [-0.05, 0) is 38.4 Å². The summed E-state index contributed by atoms with van der Waals surface area (Å²) in [6.45, 7) is 5.03. The fourth-order valence-corrected chi connectivity index (χ4v) is 2.53. The molecule has 0 bridgehead atoms. The molecule has 0 spiro atoms. The highest BCUT2D eigenvalue weighted by atomic mass is 16.3. The number of likely N-dealkylation sites (tertiary alicyclic amines) is 1. The summed E-state index contributed by atoms with van der Waals surface area (Å²) < 4.78 is 1.80. The predicted molar refractivity (Wildman–Crippen MR) is 76.1 cm³/mol. The molecule has 0 amide bonds. The fourth-order valence-electron chi connectivity index (χ4n) is 2.53. The van der Waals surface area contributed by atoms with Gasteiger partial charge in [0, 0.05) is 0 Å². The third-order valence-corrected chi connectivity index (χ3v) is 3.74. The molecular weight excluding hydrogens is 252 g/mol. The second kappa shape index (κ2) is 5.73. The predicted octanol–water partition coefficient (Wildman–Crippen LogP) is 1.72. The van der Waals surface area contributed by atoms with Crippen LogP contribution >= 0.6 is 0 Å². The van der Waals surface area contributed by atoms with E-state index in [0.717, 1.165) is 25.3 Å². The fraction of sp³-hybridized carbons (Fsp3) is 0.467. The summed E-state index contributed by atoms with van der Waals surface area (Å²) in [7, 11) is 0. The maximum Gasteiger partial charge on any atom is 0.183 e. The zero-order chi connectivity index (χ0) is 13.9. The van der Waals surface area contributed by atoms with Crippen LogP contribution in [0.4, 0.5) is 0 Å². The van der Waals surface area contributed by atoms with Crippen molar-refractivity contribution in [2.45, 2.75) is 32.5 Å². The van der Waals surface area contributed by atoms with E-state index in [1.807, 2.05) is 31.2 Å². The highest BCUT2D eigenvalue weighted by Gasteiger charge is 2.17. The van der Waals surface area contributed by atoms with E-state index in [4.69, 9.17) is 0 Å². The second-order valence-corrected chi connectivity index (χ2v) is 5.42. The number of nitrogens with zero attached hydrogens (tertiary/aromatic N) is 4. The first-order valence-electron chi connectivity index (χ1n) is 7.09. The third-order valence-electron chi connectivity index (χ3n) is 3.74. The lowest BCUT2D eigenvalue weighted by atomic mass is 10.1. The molecule has 20 heavy (non-hydrogen) atoms. The Morgan fingerprint density at radius 2 is 1.90 bits per heavy atom. The van der Waals surface area contributed by atoms with E-state index < -0.39 is 6.10 Å². The van der Waals surface area contributed by atoms with Gasteiger partial charge in [-0.3, -0.25) is 4.90 Å². The summed E-state index contributed by atoms with van der Waals surface area (Å²) >= 11 is 0. The van der Waals surface area contributed by atoms with E-state index >= 15 is 0 Å². The molecule has 1 unspecified atom stereocenters. The van der Waals surface area contributed by atoms with Crippen molar-refractivity contribution in [2.75, 3.05) is 13.1 Å². The maximum absolute atomic E-state index is 10.3. The zero-order valence-electron chi connectivity index (χ0n) is 11.7. The van der Waals surface area contributed by atoms with Crippen LogP contribution < -0.4 is 0 Å². The zero-order valence-corrected chi connectivity index (χ0v) is 11.7. The Hall–Kier alpha value is -1.72. The normalized spacial score (nSPS) is 17.5. The SMILES string of the molecule is Cc1ccc(C(O)c2ncn(CN3CCCC3)n2)cc1. The number of aromatic nitrogens is 3. The molecule has 0 aliphatic carbocycles. The Bertz CT molecular complexity index is 558. The molecule has 5 nitrogen and oxygen atoms in total. The van der Waals surface area contributed by atoms with Gasteiger partial charge in [-0.25, -0.2) is 9.67 Å². The lowest BCUT2D eigenvalue weighted by Crippen LogP contribution is -2.23. The summed E-state index contributed by atoms with van der Waals surface area (Å²) in [5, 5.41) is 14.7. The number of rotatable bonds is 4. The minimum absolute atomic E-state index is 0.466. The molecule has 0 radical (unpaired) electrons. The second-order valence-electron chi connectivity index (χ2n) is 5.42. The van der Waals surface area contributed by atoms with Gasteiger partial charge in [-0.15, -0.1) is 0 Å². The Labute approximate surface area is 118 Å². The van der Waals surface area contributed by atoms with E-state index in [1.54, 1.807) is 11.0 Å². The van der Waals surface area contributed by atoms with Crippen molar-refractivity contribution in [1.29, 1.82) is 0 Å². The van der Waals surface area contributed by atoms with Crippen molar-refractivity contribution in [3.63, 3.8) is 0 Å². The first-order valence-corrected chi connectivity index (χ1v) is 7.09. The smallest absolute Gasteiger partial charge is 0.183 e. The van der Waals surface area contributed by atoms with Crippen LogP contribution in [0.2, 0.25) is 0 Å². The van der Waals surface area contributed by atoms with E-state index in [9.17, 15) is 5.11 Å². The largest absolute Gasteiger partial charge is 0.380 e. The van der Waals surface area contributed by atoms with Gasteiger partial charge in [-0.1, -0.05) is 29.8 Å². The molecular formula is C15H20N4O. The third kappa shape index (κ3) is 2.89. The van der Waals surface area contributed by atoms with Crippen LogP contribution in [0.1, 0.15) is 35.9 Å². The van der Waals surface area contributed by atoms with Gasteiger partial charge in [0.15, 0.2) is 5.82 Å². The van der Waals surface area contributed by atoms with Crippen molar-refractivity contribution in [3.05, 3.63) is 47.5 Å². The van der Waals surface area contributed by atoms with E-state index in [0.29, 0.717) is 5.82 Å². The van der Waals surface area contributed by atoms with E-state index in [2.05, 4.69) is 15.0 Å². The van der Waals surface area contributed by atoms with Gasteiger partial charge >= 0.3 is 0 Å². The molecule has 1 saturated heterocycles. The number of aliphatic hydroxyl groups excluding tert-OH is 1. The van der Waals surface area contributed by atoms with Crippen LogP contribution in [0.25, 0.3) is 0 Å². The Kier molecular flexibility index (Phi) is 3.80. The summed E-state index contributed by atoms with van der Waals surface area (Å²) in [5.74, 6) is 0.466. The molecule has 1 aliphatic heterocycles. The summed E-state index contributed by atoms with van der Waals surface area (Å²) in [5.41, 5.74) is 2.00. The molecule has 2 heterocycles. The summed E-state index contributed by atoms with van der Waals surface area (Å²) in [6, 6.07) is 7.81. The lowest BCUT2D eigenvalue weighted by Gasteiger charge is -2.13. The number of hydrogen-bond acceptors (Lipinski definition) is 4. The summed E-state index contributed by atoms with van der Waals surface area (Å²) in [4.78, 5) is 6.58. The highest BCUT2D eigenvalue weighted by molar-refractivity contribution is 5.26. The number of hydrogen-bond donors (Lipinski definition) is 1. The van der Waals surface area contributed by atoms with Crippen LogP contribution in [0.15, 0.2) is 30.6 Å². The molecule has 1 aliphatic rings. The monoisotopic (exact) mass is 272 g/mol. The van der Waals surface area contributed by atoms with Crippen LogP contribution in [0.3, 0.4) is 0 Å². The molecule has 2 aromatic rings. The Balaban J connectivity index is 1.70. The maximum atomic E-state index is 10.3. The Morgan fingerprint density at radius 1 is 1.20 bits per heavy atom. The standard InChI is InChI=1S/C15H20N4O/c1-12-4-6-13(7-5-12)14(20)15-16-10-19(17-15)11-18-8-2-3-9-18/h4-7,10,14,20H,2-3,8-9,11H2,1H3. The average Bonchev–Trinajstić information content (AvgIpc) is 3.11. The van der Waals surface area contributed by atoms with Gasteiger partial charge < -0.3 is 5.11 Å². The average molecular weight is 272 g/mol. The molecule has 3 rings (SSSR count). The summed E-state index contributed by atoms with van der Waals surface area (Å²) in [6.07, 6.45) is 3.46. The highest BCUT2D eigenvalue weighted by Crippen LogP contribution is 2.19. The topological polar surface area (TPSA) is 54.2 Å².